The first kappa shape index (κ1) is 20.7. The number of halogens is 5. The normalized spacial score (nSPS) is 34.9. The molecule has 1 aromatic heterocycles. The van der Waals surface area contributed by atoms with Crippen LogP contribution in [0.15, 0.2) is 6.07 Å². The molecular formula is C19H24F5N3O2S. The van der Waals surface area contributed by atoms with E-state index < -0.39 is 34.7 Å². The van der Waals surface area contributed by atoms with Gasteiger partial charge in [-0.1, -0.05) is 0 Å². The molecular weight excluding hydrogens is 429 g/mol. The van der Waals surface area contributed by atoms with E-state index in [9.17, 15) is 30.4 Å². The lowest BCUT2D eigenvalue weighted by Gasteiger charge is -2.48. The van der Waals surface area contributed by atoms with Crippen LogP contribution in [0.5, 0.6) is 0 Å². The summed E-state index contributed by atoms with van der Waals surface area (Å²) in [6.07, 6.45) is -4.07. The van der Waals surface area contributed by atoms with Crippen LogP contribution in [-0.2, 0) is 22.6 Å². The van der Waals surface area contributed by atoms with Gasteiger partial charge in [0.15, 0.2) is 9.84 Å². The van der Waals surface area contributed by atoms with E-state index in [1.807, 2.05) is 0 Å². The van der Waals surface area contributed by atoms with Gasteiger partial charge >= 0.3 is 6.18 Å². The summed E-state index contributed by atoms with van der Waals surface area (Å²) in [7, 11) is -2.84. The molecule has 2 aliphatic carbocycles. The Balaban J connectivity index is 1.20. The molecule has 11 heteroatoms. The minimum Gasteiger partial charge on any atom is -0.300 e. The number of aromatic nitrogens is 2. The maximum absolute atomic E-state index is 13.2. The summed E-state index contributed by atoms with van der Waals surface area (Å²) >= 11 is 0. The molecule has 2 saturated carbocycles. The highest BCUT2D eigenvalue weighted by molar-refractivity contribution is 7.92. The Bertz CT molecular complexity index is 910. The molecule has 5 nitrogen and oxygen atoms in total. The zero-order chi connectivity index (χ0) is 21.5. The molecule has 168 valence electrons. The van der Waals surface area contributed by atoms with Crippen molar-refractivity contribution in [1.82, 2.24) is 14.7 Å². The summed E-state index contributed by atoms with van der Waals surface area (Å²) in [5.74, 6) is 1.04. The molecule has 4 atom stereocenters. The van der Waals surface area contributed by atoms with Crippen LogP contribution in [0.4, 0.5) is 22.0 Å². The van der Waals surface area contributed by atoms with E-state index in [-0.39, 0.29) is 28.9 Å². The molecule has 5 rings (SSSR count). The number of piperidine rings is 1. The van der Waals surface area contributed by atoms with E-state index in [2.05, 4.69) is 10.00 Å². The number of fused-ring (bicyclic) bond motifs is 1. The molecule has 30 heavy (non-hydrogen) atoms. The van der Waals surface area contributed by atoms with Crippen LogP contribution < -0.4 is 0 Å². The van der Waals surface area contributed by atoms with Crippen LogP contribution in [-0.4, -0.2) is 60.2 Å². The average molecular weight is 453 g/mol. The molecule has 1 aromatic rings. The monoisotopic (exact) mass is 453 g/mol. The number of rotatable bonds is 4. The van der Waals surface area contributed by atoms with Gasteiger partial charge in [0.1, 0.15) is 12.2 Å². The zero-order valence-electron chi connectivity index (χ0n) is 16.3. The highest BCUT2D eigenvalue weighted by Gasteiger charge is 2.59. The molecule has 2 unspecified atom stereocenters. The summed E-state index contributed by atoms with van der Waals surface area (Å²) in [5.41, 5.74) is -0.852. The average Bonchev–Trinajstić information content (AvgIpc) is 2.94. The van der Waals surface area contributed by atoms with Crippen LogP contribution in [0, 0.1) is 17.3 Å². The van der Waals surface area contributed by atoms with Gasteiger partial charge in [0, 0.05) is 17.4 Å². The molecule has 1 spiro atoms. The standard InChI is InChI=1S/C19H24F5N3O2S/c20-16(21)8-27-15(19(22,23)24)7-14(25-27)17-12-5-11(6-13(12)17)26-3-1-18(2-4-26)9-30(28,29)10-18/h7,11-13,16-17H,1-6,8-10H2/t11?,12-,13+,17?. The fourth-order valence-corrected chi connectivity index (χ4v) is 8.55. The van der Waals surface area contributed by atoms with Gasteiger partial charge in [-0.15, -0.1) is 0 Å². The minimum absolute atomic E-state index is 0.0368. The van der Waals surface area contributed by atoms with Gasteiger partial charge in [0.25, 0.3) is 6.43 Å². The van der Waals surface area contributed by atoms with Crippen molar-refractivity contribution in [3.8, 4) is 0 Å². The van der Waals surface area contributed by atoms with Crippen molar-refractivity contribution in [2.75, 3.05) is 24.6 Å². The van der Waals surface area contributed by atoms with Crippen LogP contribution in [0.3, 0.4) is 0 Å². The highest BCUT2D eigenvalue weighted by Crippen LogP contribution is 2.64. The smallest absolute Gasteiger partial charge is 0.300 e. The van der Waals surface area contributed by atoms with E-state index in [0.29, 0.717) is 22.2 Å². The Kier molecular flexibility index (Phi) is 4.57. The van der Waals surface area contributed by atoms with Gasteiger partial charge in [0.2, 0.25) is 0 Å². The zero-order valence-corrected chi connectivity index (χ0v) is 17.1. The fraction of sp³-hybridized carbons (Fsp3) is 0.842. The van der Waals surface area contributed by atoms with Crippen molar-refractivity contribution in [1.29, 1.82) is 0 Å². The van der Waals surface area contributed by atoms with Crippen LogP contribution in [0.1, 0.15) is 43.0 Å². The second kappa shape index (κ2) is 6.63. The molecule has 2 aliphatic heterocycles. The van der Waals surface area contributed by atoms with Crippen molar-refractivity contribution in [3.63, 3.8) is 0 Å². The van der Waals surface area contributed by atoms with Crippen LogP contribution in [0.25, 0.3) is 0 Å². The first-order valence-corrected chi connectivity index (χ1v) is 12.2. The summed E-state index contributed by atoms with van der Waals surface area (Å²) < 4.78 is 88.3. The van der Waals surface area contributed by atoms with Gasteiger partial charge in [-0.2, -0.15) is 18.3 Å². The van der Waals surface area contributed by atoms with E-state index >= 15 is 0 Å². The van der Waals surface area contributed by atoms with E-state index in [4.69, 9.17) is 0 Å². The van der Waals surface area contributed by atoms with Crippen molar-refractivity contribution < 1.29 is 30.4 Å². The summed E-state index contributed by atoms with van der Waals surface area (Å²) in [6, 6.07) is 1.32. The molecule has 3 heterocycles. The summed E-state index contributed by atoms with van der Waals surface area (Å²) in [4.78, 5) is 2.40. The molecule has 0 aromatic carbocycles. The third-order valence-electron chi connectivity index (χ3n) is 7.59. The van der Waals surface area contributed by atoms with E-state index in [1.165, 1.54) is 0 Å². The third-order valence-corrected chi connectivity index (χ3v) is 9.69. The summed E-state index contributed by atoms with van der Waals surface area (Å²) in [6.45, 7) is 0.682. The van der Waals surface area contributed by atoms with Gasteiger partial charge < -0.3 is 4.90 Å². The third kappa shape index (κ3) is 3.55. The maximum Gasteiger partial charge on any atom is 0.433 e. The maximum atomic E-state index is 13.2. The molecule has 0 radical (unpaired) electrons. The largest absolute Gasteiger partial charge is 0.433 e. The lowest BCUT2D eigenvalue weighted by atomic mass is 9.80. The Morgan fingerprint density at radius 3 is 2.23 bits per heavy atom. The van der Waals surface area contributed by atoms with Crippen molar-refractivity contribution >= 4 is 9.84 Å². The first-order chi connectivity index (χ1) is 14.0. The molecule has 0 N–H and O–H groups in total. The van der Waals surface area contributed by atoms with Gasteiger partial charge in [-0.05, 0) is 56.7 Å². The molecule has 4 fully saturated rings. The predicted octanol–water partition coefficient (Wildman–Crippen LogP) is 3.17. The quantitative estimate of drug-likeness (QED) is 0.658. The molecule has 4 aliphatic rings. The van der Waals surface area contributed by atoms with Crippen LogP contribution in [0.2, 0.25) is 0 Å². The first-order valence-electron chi connectivity index (χ1n) is 10.3. The number of hydrogen-bond donors (Lipinski definition) is 0. The van der Waals surface area contributed by atoms with Crippen molar-refractivity contribution in [2.24, 2.45) is 17.3 Å². The second-order valence-corrected chi connectivity index (χ2v) is 11.6. The number of alkyl halides is 5. The summed E-state index contributed by atoms with van der Waals surface area (Å²) in [5, 5.41) is 3.90. The molecule has 2 saturated heterocycles. The van der Waals surface area contributed by atoms with Gasteiger partial charge in [0.05, 0.1) is 17.2 Å². The predicted molar refractivity (Wildman–Crippen MR) is 97.9 cm³/mol. The topological polar surface area (TPSA) is 55.2 Å². The fourth-order valence-electron chi connectivity index (χ4n) is 6.19. The minimum atomic E-state index is -4.70. The lowest BCUT2D eigenvalue weighted by Crippen LogP contribution is -2.55. The SMILES string of the molecule is O=S1(=O)CC2(CCN(C3C[C@@H]4C(c5cc(C(F)(F)F)n(CC(F)F)n5)[C@@H]4C3)CC2)C1. The van der Waals surface area contributed by atoms with Crippen molar-refractivity contribution in [3.05, 3.63) is 17.5 Å². The van der Waals surface area contributed by atoms with Crippen molar-refractivity contribution in [2.45, 2.75) is 56.8 Å². The Labute approximate surface area is 171 Å². The van der Waals surface area contributed by atoms with Gasteiger partial charge in [-0.25, -0.2) is 17.2 Å². The second-order valence-electron chi connectivity index (χ2n) is 9.57. The van der Waals surface area contributed by atoms with E-state index in [0.717, 1.165) is 44.8 Å². The highest BCUT2D eigenvalue weighted by atomic mass is 32.2. The van der Waals surface area contributed by atoms with E-state index in [1.54, 1.807) is 0 Å². The Morgan fingerprint density at radius 1 is 1.13 bits per heavy atom. The molecule has 0 bridgehead atoms. The van der Waals surface area contributed by atoms with Gasteiger partial charge in [-0.3, -0.25) is 4.68 Å². The molecule has 0 amide bonds. The van der Waals surface area contributed by atoms with Crippen LogP contribution >= 0.6 is 0 Å². The number of hydrogen-bond acceptors (Lipinski definition) is 4. The lowest BCUT2D eigenvalue weighted by molar-refractivity contribution is -0.144. The Morgan fingerprint density at radius 2 is 1.73 bits per heavy atom. The number of likely N-dealkylation sites (tertiary alicyclic amines) is 1. The number of nitrogens with zero attached hydrogens (tertiary/aromatic N) is 3. The Hall–Kier alpha value is -1.23. The number of sulfone groups is 1.